The summed E-state index contributed by atoms with van der Waals surface area (Å²) in [4.78, 5) is 25.0. The number of carbonyl (C=O) groups excluding carboxylic acids is 2. The van der Waals surface area contributed by atoms with Crippen molar-refractivity contribution in [3.05, 3.63) is 0 Å². The van der Waals surface area contributed by atoms with Crippen molar-refractivity contribution < 1.29 is 19.1 Å². The van der Waals surface area contributed by atoms with E-state index < -0.39 is 0 Å². The molecule has 0 unspecified atom stereocenters. The molecule has 0 atom stereocenters. The molecule has 3 aliphatic rings. The Hall–Kier alpha value is -1.06. The number of hydrogen-bond donors (Lipinski definition) is 0. The van der Waals surface area contributed by atoms with Crippen molar-refractivity contribution in [2.45, 2.75) is 144 Å². The van der Waals surface area contributed by atoms with Crippen LogP contribution in [0.15, 0.2) is 0 Å². The zero-order valence-corrected chi connectivity index (χ0v) is 23.9. The average molecular weight is 491 g/mol. The first-order chi connectivity index (χ1) is 16.4. The third kappa shape index (κ3) is 7.25. The van der Waals surface area contributed by atoms with Gasteiger partial charge in [0.05, 0.1) is 17.9 Å². The molecule has 3 aliphatic carbocycles. The normalized spacial score (nSPS) is 32.8. The summed E-state index contributed by atoms with van der Waals surface area (Å²) in [6.07, 6.45) is 14.2. The van der Waals surface area contributed by atoms with Gasteiger partial charge in [-0.15, -0.1) is 0 Å². The van der Waals surface area contributed by atoms with Gasteiger partial charge in [-0.3, -0.25) is 9.59 Å². The van der Waals surface area contributed by atoms with E-state index in [0.717, 1.165) is 56.3 Å². The zero-order chi connectivity index (χ0) is 25.8. The summed E-state index contributed by atoms with van der Waals surface area (Å²) >= 11 is 0. The monoisotopic (exact) mass is 490 g/mol. The molecule has 0 aromatic rings. The first kappa shape index (κ1) is 28.5. The summed E-state index contributed by atoms with van der Waals surface area (Å²) in [6, 6.07) is 0. The molecular formula is C31H54O4. The van der Waals surface area contributed by atoms with Crippen LogP contribution in [0.2, 0.25) is 0 Å². The van der Waals surface area contributed by atoms with Gasteiger partial charge in [-0.05, 0) is 119 Å². The van der Waals surface area contributed by atoms with E-state index in [0.29, 0.717) is 10.8 Å². The molecule has 0 radical (unpaired) electrons. The maximum Gasteiger partial charge on any atom is 0.309 e. The van der Waals surface area contributed by atoms with Crippen LogP contribution in [0.4, 0.5) is 0 Å². The summed E-state index contributed by atoms with van der Waals surface area (Å²) in [5.74, 6) is 2.21. The third-order valence-electron chi connectivity index (χ3n) is 10.6. The molecule has 4 heteroatoms. The minimum Gasteiger partial charge on any atom is -0.463 e. The minimum absolute atomic E-state index is 0.0275. The van der Waals surface area contributed by atoms with Crippen LogP contribution >= 0.6 is 0 Å². The maximum atomic E-state index is 12.8. The van der Waals surface area contributed by atoms with Gasteiger partial charge in [0.15, 0.2) is 0 Å². The molecule has 0 bridgehead atoms. The zero-order valence-electron chi connectivity index (χ0n) is 23.9. The minimum atomic E-state index is -0.102. The molecular weight excluding hydrogens is 436 g/mol. The highest BCUT2D eigenvalue weighted by atomic mass is 16.5. The van der Waals surface area contributed by atoms with Gasteiger partial charge in [-0.1, -0.05) is 41.0 Å². The molecule has 35 heavy (non-hydrogen) atoms. The smallest absolute Gasteiger partial charge is 0.309 e. The molecule has 0 amide bonds. The van der Waals surface area contributed by atoms with Gasteiger partial charge >= 0.3 is 11.9 Å². The van der Waals surface area contributed by atoms with Crippen LogP contribution < -0.4 is 0 Å². The van der Waals surface area contributed by atoms with Crippen molar-refractivity contribution in [1.82, 2.24) is 0 Å². The third-order valence-corrected chi connectivity index (χ3v) is 10.6. The first-order valence-corrected chi connectivity index (χ1v) is 14.8. The van der Waals surface area contributed by atoms with Crippen LogP contribution in [0.1, 0.15) is 132 Å². The van der Waals surface area contributed by atoms with Crippen LogP contribution in [0, 0.1) is 40.4 Å². The summed E-state index contributed by atoms with van der Waals surface area (Å²) in [7, 11) is 0. The molecule has 3 fully saturated rings. The Labute approximate surface area is 215 Å². The van der Waals surface area contributed by atoms with Crippen molar-refractivity contribution in [2.24, 2.45) is 40.4 Å². The Kier molecular flexibility index (Phi) is 9.77. The lowest BCUT2D eigenvalue weighted by Crippen LogP contribution is -2.40. The maximum absolute atomic E-state index is 12.8. The van der Waals surface area contributed by atoms with E-state index >= 15 is 0 Å². The molecule has 0 aliphatic heterocycles. The van der Waals surface area contributed by atoms with Crippen LogP contribution in [0.25, 0.3) is 0 Å². The van der Waals surface area contributed by atoms with Gasteiger partial charge in [0.25, 0.3) is 0 Å². The van der Waals surface area contributed by atoms with E-state index in [1.807, 2.05) is 13.8 Å². The Morgan fingerprint density at radius 2 is 1.11 bits per heavy atom. The molecule has 0 saturated heterocycles. The average Bonchev–Trinajstić information content (AvgIpc) is 2.84. The van der Waals surface area contributed by atoms with Crippen LogP contribution in [-0.4, -0.2) is 24.1 Å². The van der Waals surface area contributed by atoms with Gasteiger partial charge in [0.1, 0.15) is 6.10 Å². The summed E-state index contributed by atoms with van der Waals surface area (Å²) in [6.45, 7) is 16.1. The second-order valence-electron chi connectivity index (χ2n) is 13.7. The predicted molar refractivity (Wildman–Crippen MR) is 142 cm³/mol. The predicted octanol–water partition coefficient (Wildman–Crippen LogP) is 8.12. The SMILES string of the molecule is CCC(C)(C)C1CCC(C(C)(C)C2CCC(OC(=O)C3CCC(C(=O)OC(C)C)CC3)CC2)CC1. The van der Waals surface area contributed by atoms with E-state index in [9.17, 15) is 9.59 Å². The van der Waals surface area contributed by atoms with Crippen LogP contribution in [0.3, 0.4) is 0 Å². The molecule has 0 N–H and O–H groups in total. The molecule has 0 heterocycles. The van der Waals surface area contributed by atoms with Crippen molar-refractivity contribution in [2.75, 3.05) is 0 Å². The fourth-order valence-corrected chi connectivity index (χ4v) is 7.32. The largest absolute Gasteiger partial charge is 0.463 e. The highest BCUT2D eigenvalue weighted by Crippen LogP contribution is 2.52. The molecule has 202 valence electrons. The quantitative estimate of drug-likeness (QED) is 0.322. The molecule has 3 saturated carbocycles. The fourth-order valence-electron chi connectivity index (χ4n) is 7.32. The Bertz CT molecular complexity index is 685. The van der Waals surface area contributed by atoms with Gasteiger partial charge in [0, 0.05) is 0 Å². The van der Waals surface area contributed by atoms with Crippen molar-refractivity contribution in [3.63, 3.8) is 0 Å². The number of carbonyl (C=O) groups is 2. The number of esters is 2. The Morgan fingerprint density at radius 3 is 1.57 bits per heavy atom. The molecule has 0 aromatic heterocycles. The number of hydrogen-bond acceptors (Lipinski definition) is 4. The highest BCUT2D eigenvalue weighted by Gasteiger charge is 2.43. The lowest BCUT2D eigenvalue weighted by atomic mass is 9.57. The lowest BCUT2D eigenvalue weighted by Gasteiger charge is -2.48. The van der Waals surface area contributed by atoms with Crippen LogP contribution in [0.5, 0.6) is 0 Å². The van der Waals surface area contributed by atoms with Gasteiger partial charge < -0.3 is 9.47 Å². The Balaban J connectivity index is 1.40. The van der Waals surface area contributed by atoms with Crippen LogP contribution in [-0.2, 0) is 19.1 Å². The molecule has 0 spiro atoms. The summed E-state index contributed by atoms with van der Waals surface area (Å²) in [5.41, 5.74) is 0.854. The van der Waals surface area contributed by atoms with Crippen molar-refractivity contribution in [3.8, 4) is 0 Å². The molecule has 4 nitrogen and oxygen atoms in total. The van der Waals surface area contributed by atoms with Crippen molar-refractivity contribution in [1.29, 1.82) is 0 Å². The van der Waals surface area contributed by atoms with Gasteiger partial charge in [0.2, 0.25) is 0 Å². The molecule has 3 rings (SSSR count). The van der Waals surface area contributed by atoms with Gasteiger partial charge in [-0.25, -0.2) is 0 Å². The van der Waals surface area contributed by atoms with E-state index in [4.69, 9.17) is 9.47 Å². The second-order valence-corrected chi connectivity index (χ2v) is 13.7. The number of rotatable bonds is 8. The topological polar surface area (TPSA) is 52.6 Å². The standard InChI is InChI=1S/C31H54O4/c1-8-30(4,5)24-13-15-25(16-14-24)31(6,7)26-17-19-27(20-18-26)35-29(33)23-11-9-22(10-12-23)28(32)34-21(2)3/h21-27H,8-20H2,1-7H3. The van der Waals surface area contributed by atoms with E-state index in [1.54, 1.807) is 0 Å². The Morgan fingerprint density at radius 1 is 0.686 bits per heavy atom. The lowest BCUT2D eigenvalue weighted by molar-refractivity contribution is -0.161. The summed E-state index contributed by atoms with van der Waals surface area (Å²) in [5, 5.41) is 0. The van der Waals surface area contributed by atoms with E-state index in [1.165, 1.54) is 44.9 Å². The van der Waals surface area contributed by atoms with E-state index in [-0.39, 0.29) is 36.0 Å². The highest BCUT2D eigenvalue weighted by molar-refractivity contribution is 5.75. The summed E-state index contributed by atoms with van der Waals surface area (Å²) < 4.78 is 11.4. The van der Waals surface area contributed by atoms with E-state index in [2.05, 4.69) is 34.6 Å². The van der Waals surface area contributed by atoms with Crippen molar-refractivity contribution >= 4 is 11.9 Å². The first-order valence-electron chi connectivity index (χ1n) is 14.8. The number of ether oxygens (including phenoxy) is 2. The fraction of sp³-hybridized carbons (Fsp3) is 0.935. The van der Waals surface area contributed by atoms with Gasteiger partial charge in [-0.2, -0.15) is 0 Å². The molecule has 0 aromatic carbocycles. The second kappa shape index (κ2) is 12.0.